The molecule has 1 fully saturated rings. The molecule has 1 aliphatic carbocycles. The average molecular weight is 434 g/mol. The number of aromatic nitrogens is 1. The monoisotopic (exact) mass is 434 g/mol. The van der Waals surface area contributed by atoms with E-state index in [1.54, 1.807) is 12.4 Å². The van der Waals surface area contributed by atoms with Crippen LogP contribution in [0.25, 0.3) is 11.1 Å². The summed E-state index contributed by atoms with van der Waals surface area (Å²) in [7, 11) is 0. The lowest BCUT2D eigenvalue weighted by atomic mass is 9.95. The number of benzene rings is 2. The molecule has 0 atom stereocenters. The van der Waals surface area contributed by atoms with Crippen molar-refractivity contribution in [3.63, 3.8) is 0 Å². The summed E-state index contributed by atoms with van der Waals surface area (Å²) < 4.78 is 39.5. The number of fused-ring (bicyclic) bond motifs is 1. The molecule has 2 aromatic carbocycles. The smallest absolute Gasteiger partial charge is 0.126 e. The maximum absolute atomic E-state index is 14.0. The van der Waals surface area contributed by atoms with Crippen LogP contribution in [0.5, 0.6) is 5.75 Å². The third-order valence-electron chi connectivity index (χ3n) is 5.96. The first-order chi connectivity index (χ1) is 15.7. The predicted octanol–water partition coefficient (Wildman–Crippen LogP) is 4.59. The minimum atomic E-state index is -0.588. The van der Waals surface area contributed by atoms with E-state index in [1.165, 1.54) is 12.1 Å². The van der Waals surface area contributed by atoms with Crippen molar-refractivity contribution in [2.45, 2.75) is 6.42 Å². The summed E-state index contributed by atoms with van der Waals surface area (Å²) in [5.41, 5.74) is 5.36. The number of nitrogens with zero attached hydrogens (tertiary/aromatic N) is 2. The Morgan fingerprint density at radius 1 is 0.969 bits per heavy atom. The van der Waals surface area contributed by atoms with Crippen molar-refractivity contribution >= 4 is 11.1 Å². The van der Waals surface area contributed by atoms with Crippen LogP contribution in [0.1, 0.15) is 22.3 Å². The molecule has 0 spiro atoms. The molecule has 3 aromatic rings. The highest BCUT2D eigenvalue weighted by molar-refractivity contribution is 6.03. The van der Waals surface area contributed by atoms with Gasteiger partial charge in [-0.15, -0.1) is 0 Å². The molecule has 0 radical (unpaired) electrons. The quantitative estimate of drug-likeness (QED) is 0.569. The maximum atomic E-state index is 14.0. The van der Waals surface area contributed by atoms with E-state index in [1.807, 2.05) is 30.3 Å². The van der Waals surface area contributed by atoms with E-state index in [0.717, 1.165) is 72.5 Å². The first kappa shape index (κ1) is 20.8. The zero-order chi connectivity index (χ0) is 21.9. The molecule has 0 amide bonds. The van der Waals surface area contributed by atoms with Crippen molar-refractivity contribution in [3.05, 3.63) is 94.8 Å². The normalized spacial score (nSPS) is 16.3. The fourth-order valence-corrected chi connectivity index (χ4v) is 4.42. The molecular formula is C26H24F2N2O2. The summed E-state index contributed by atoms with van der Waals surface area (Å²) in [4.78, 5) is 6.57. The third kappa shape index (κ3) is 4.42. The molecule has 0 bridgehead atoms. The lowest BCUT2D eigenvalue weighted by Crippen LogP contribution is -2.38. The molecule has 0 unspecified atom stereocenters. The summed E-state index contributed by atoms with van der Waals surface area (Å²) in [5.74, 6) is -0.377. The third-order valence-corrected chi connectivity index (χ3v) is 5.96. The standard InChI is InChI=1S/C26H24F2N2O2/c27-21-12-20(13-22(28)16-21)26-24-4-3-23(32-11-8-30-6-9-31-10-7-30)14-19(24)15-25(26)18-2-1-5-29-17-18/h1-5,12-14,16-17H,6-11,15H2. The largest absolute Gasteiger partial charge is 0.492 e. The Morgan fingerprint density at radius 2 is 1.78 bits per heavy atom. The Bertz CT molecular complexity index is 1120. The summed E-state index contributed by atoms with van der Waals surface area (Å²) in [6.45, 7) is 4.85. The van der Waals surface area contributed by atoms with Gasteiger partial charge in [-0.05, 0) is 70.2 Å². The van der Waals surface area contributed by atoms with Gasteiger partial charge in [0.2, 0.25) is 0 Å². The molecule has 0 N–H and O–H groups in total. The highest BCUT2D eigenvalue weighted by Gasteiger charge is 2.25. The van der Waals surface area contributed by atoms with Gasteiger partial charge in [-0.25, -0.2) is 8.78 Å². The van der Waals surface area contributed by atoms with E-state index in [0.29, 0.717) is 18.6 Å². The van der Waals surface area contributed by atoms with Crippen LogP contribution in [0.15, 0.2) is 60.9 Å². The average Bonchev–Trinajstić information content (AvgIpc) is 3.19. The fraction of sp³-hybridized carbons (Fsp3) is 0.269. The molecule has 2 heterocycles. The van der Waals surface area contributed by atoms with E-state index < -0.39 is 11.6 Å². The first-order valence-corrected chi connectivity index (χ1v) is 10.8. The molecule has 2 aliphatic rings. The Hall–Kier alpha value is -3.09. The zero-order valence-corrected chi connectivity index (χ0v) is 17.7. The molecule has 0 saturated carbocycles. The number of hydrogen-bond donors (Lipinski definition) is 0. The zero-order valence-electron chi connectivity index (χ0n) is 17.7. The van der Waals surface area contributed by atoms with Gasteiger partial charge >= 0.3 is 0 Å². The summed E-state index contributed by atoms with van der Waals surface area (Å²) in [6.07, 6.45) is 4.15. The molecule has 1 saturated heterocycles. The van der Waals surface area contributed by atoms with Gasteiger partial charge in [0.1, 0.15) is 24.0 Å². The van der Waals surface area contributed by atoms with Crippen LogP contribution in [-0.4, -0.2) is 49.3 Å². The maximum Gasteiger partial charge on any atom is 0.126 e. The molecule has 5 rings (SSSR count). The van der Waals surface area contributed by atoms with Crippen molar-refractivity contribution in [3.8, 4) is 5.75 Å². The molecule has 164 valence electrons. The van der Waals surface area contributed by atoms with Gasteiger partial charge in [-0.2, -0.15) is 0 Å². The number of hydrogen-bond acceptors (Lipinski definition) is 4. The highest BCUT2D eigenvalue weighted by atomic mass is 19.1. The molecule has 1 aromatic heterocycles. The molecular weight excluding hydrogens is 410 g/mol. The lowest BCUT2D eigenvalue weighted by molar-refractivity contribution is 0.0322. The summed E-state index contributed by atoms with van der Waals surface area (Å²) in [6, 6.07) is 13.5. The van der Waals surface area contributed by atoms with E-state index in [2.05, 4.69) is 9.88 Å². The minimum Gasteiger partial charge on any atom is -0.492 e. The van der Waals surface area contributed by atoms with Crippen molar-refractivity contribution < 1.29 is 18.3 Å². The number of pyridine rings is 1. The molecule has 4 nitrogen and oxygen atoms in total. The van der Waals surface area contributed by atoms with Gasteiger partial charge < -0.3 is 9.47 Å². The van der Waals surface area contributed by atoms with Gasteiger partial charge in [-0.1, -0.05) is 12.1 Å². The summed E-state index contributed by atoms with van der Waals surface area (Å²) >= 11 is 0. The number of halogens is 2. The molecule has 6 heteroatoms. The van der Waals surface area contributed by atoms with Crippen LogP contribution in [0, 0.1) is 11.6 Å². The first-order valence-electron chi connectivity index (χ1n) is 10.8. The van der Waals surface area contributed by atoms with Crippen LogP contribution in [0.4, 0.5) is 8.78 Å². The van der Waals surface area contributed by atoms with Gasteiger partial charge in [-0.3, -0.25) is 9.88 Å². The van der Waals surface area contributed by atoms with Gasteiger partial charge in [0.25, 0.3) is 0 Å². The SMILES string of the molecule is Fc1cc(F)cc(C2=C(c3cccnc3)Cc3cc(OCCN4CCOCC4)ccc32)c1. The Balaban J connectivity index is 1.43. The van der Waals surface area contributed by atoms with E-state index >= 15 is 0 Å². The van der Waals surface area contributed by atoms with E-state index in [4.69, 9.17) is 9.47 Å². The predicted molar refractivity (Wildman–Crippen MR) is 119 cm³/mol. The van der Waals surface area contributed by atoms with Crippen molar-refractivity contribution in [2.75, 3.05) is 39.5 Å². The van der Waals surface area contributed by atoms with Gasteiger partial charge in [0.05, 0.1) is 13.2 Å². The van der Waals surface area contributed by atoms with Crippen molar-refractivity contribution in [1.82, 2.24) is 9.88 Å². The van der Waals surface area contributed by atoms with Crippen LogP contribution < -0.4 is 4.74 Å². The molecule has 1 aliphatic heterocycles. The van der Waals surface area contributed by atoms with Gasteiger partial charge in [0.15, 0.2) is 0 Å². The van der Waals surface area contributed by atoms with Crippen molar-refractivity contribution in [1.29, 1.82) is 0 Å². The minimum absolute atomic E-state index is 0.529. The number of rotatable bonds is 6. The fourth-order valence-electron chi connectivity index (χ4n) is 4.42. The van der Waals surface area contributed by atoms with Crippen LogP contribution in [0.2, 0.25) is 0 Å². The van der Waals surface area contributed by atoms with Crippen LogP contribution in [0.3, 0.4) is 0 Å². The number of morpholine rings is 1. The van der Waals surface area contributed by atoms with E-state index in [-0.39, 0.29) is 0 Å². The van der Waals surface area contributed by atoms with Crippen LogP contribution >= 0.6 is 0 Å². The Morgan fingerprint density at radius 3 is 2.53 bits per heavy atom. The number of ether oxygens (including phenoxy) is 2. The van der Waals surface area contributed by atoms with Gasteiger partial charge in [0, 0.05) is 38.1 Å². The highest BCUT2D eigenvalue weighted by Crippen LogP contribution is 2.43. The second-order valence-electron chi connectivity index (χ2n) is 8.05. The topological polar surface area (TPSA) is 34.6 Å². The Labute approximate surface area is 186 Å². The Kier molecular flexibility index (Phi) is 5.97. The van der Waals surface area contributed by atoms with Crippen molar-refractivity contribution in [2.24, 2.45) is 0 Å². The lowest BCUT2D eigenvalue weighted by Gasteiger charge is -2.26. The number of allylic oxidation sites excluding steroid dienone is 1. The second kappa shape index (κ2) is 9.18. The summed E-state index contributed by atoms with van der Waals surface area (Å²) in [5, 5.41) is 0. The van der Waals surface area contributed by atoms with E-state index in [9.17, 15) is 8.78 Å². The molecule has 32 heavy (non-hydrogen) atoms. The van der Waals surface area contributed by atoms with Crippen LogP contribution in [-0.2, 0) is 11.2 Å². The second-order valence-corrected chi connectivity index (χ2v) is 8.05.